The van der Waals surface area contributed by atoms with Crippen LogP contribution in [0.4, 0.5) is 4.79 Å². The van der Waals surface area contributed by atoms with Crippen molar-refractivity contribution in [3.8, 4) is 34.6 Å². The fraction of sp³-hybridized carbons (Fsp3) is 0.714. The van der Waals surface area contributed by atoms with E-state index in [1.54, 1.807) is 0 Å². The van der Waals surface area contributed by atoms with Gasteiger partial charge < -0.3 is 72.9 Å². The van der Waals surface area contributed by atoms with Gasteiger partial charge in [-0.2, -0.15) is 0 Å². The summed E-state index contributed by atoms with van der Waals surface area (Å²) in [4.78, 5) is 39.7. The molecule has 0 fully saturated rings. The Hall–Kier alpha value is -4.92. The van der Waals surface area contributed by atoms with Gasteiger partial charge in [0.1, 0.15) is 33.0 Å². The lowest BCUT2D eigenvalue weighted by Gasteiger charge is -2.14. The first-order chi connectivity index (χ1) is 37.1. The second-order valence-electron chi connectivity index (χ2n) is 19.2. The summed E-state index contributed by atoms with van der Waals surface area (Å²) >= 11 is 0. The molecule has 0 radical (unpaired) electrons. The first-order valence-electron chi connectivity index (χ1n) is 28.4. The number of H-pyrrole nitrogens is 1. The van der Waals surface area contributed by atoms with Crippen LogP contribution in [0.2, 0.25) is 0 Å². The molecule has 19 nitrogen and oxygen atoms in total. The van der Waals surface area contributed by atoms with Crippen LogP contribution in [0.1, 0.15) is 129 Å². The zero-order valence-electron chi connectivity index (χ0n) is 45.1. The van der Waals surface area contributed by atoms with Crippen LogP contribution in [0.5, 0.6) is 23.0 Å². The van der Waals surface area contributed by atoms with Crippen LogP contribution in [0.15, 0.2) is 24.3 Å². The maximum absolute atomic E-state index is 13.8. The molecule has 4 heterocycles. The summed E-state index contributed by atoms with van der Waals surface area (Å²) < 4.78 is 60.4. The summed E-state index contributed by atoms with van der Waals surface area (Å²) in [7, 11) is 0. The van der Waals surface area contributed by atoms with Crippen molar-refractivity contribution in [1.82, 2.24) is 35.5 Å². The second-order valence-corrected chi connectivity index (χ2v) is 19.2. The number of aromatic nitrogens is 4. The van der Waals surface area contributed by atoms with Crippen molar-refractivity contribution >= 4 is 34.0 Å². The quantitative estimate of drug-likeness (QED) is 0.0433. The molecule has 0 saturated heterocycles. The molecule has 2 aromatic carbocycles. The topological polar surface area (TPSA) is 209 Å². The first-order valence-corrected chi connectivity index (χ1v) is 28.4. The van der Waals surface area contributed by atoms with Crippen molar-refractivity contribution in [2.45, 2.75) is 135 Å². The minimum absolute atomic E-state index is 0.0473. The smallest absolute Gasteiger partial charge is 0.314 e. The Morgan fingerprint density at radius 2 is 0.827 bits per heavy atom. The molecule has 0 saturated carbocycles. The van der Waals surface area contributed by atoms with E-state index in [0.717, 1.165) is 32.1 Å². The predicted octanol–water partition coefficient (Wildman–Crippen LogP) is 9.07. The van der Waals surface area contributed by atoms with Gasteiger partial charge in [0, 0.05) is 43.9 Å². The van der Waals surface area contributed by atoms with Gasteiger partial charge in [0.2, 0.25) is 5.91 Å². The Labute approximate surface area is 444 Å². The first kappa shape index (κ1) is 59.3. The summed E-state index contributed by atoms with van der Waals surface area (Å²) in [5.74, 6) is 2.69. The van der Waals surface area contributed by atoms with Gasteiger partial charge in [0.15, 0.2) is 34.6 Å². The molecule has 0 atom stereocenters. The molecule has 2 aliphatic heterocycles. The molecule has 2 aliphatic rings. The molecule has 4 N–H and O–H groups in total. The van der Waals surface area contributed by atoms with Gasteiger partial charge in [-0.3, -0.25) is 4.79 Å². The second kappa shape index (κ2) is 37.0. The van der Waals surface area contributed by atoms with Crippen molar-refractivity contribution in [2.75, 3.05) is 125 Å². The van der Waals surface area contributed by atoms with Gasteiger partial charge in [0.05, 0.1) is 101 Å². The van der Waals surface area contributed by atoms with Gasteiger partial charge in [-0.1, -0.05) is 103 Å². The molecule has 0 spiro atoms. The minimum Gasteiger partial charge on any atom is -0.487 e. The third-order valence-electron chi connectivity index (χ3n) is 13.1. The molecule has 0 aliphatic carbocycles. The van der Waals surface area contributed by atoms with Crippen LogP contribution in [-0.4, -0.2) is 157 Å². The monoisotopic (exact) mass is 1050 g/mol. The van der Waals surface area contributed by atoms with Crippen LogP contribution in [0.3, 0.4) is 0 Å². The molecule has 6 rings (SSSR count). The molecule has 75 heavy (non-hydrogen) atoms. The Morgan fingerprint density at radius 1 is 0.453 bits per heavy atom. The van der Waals surface area contributed by atoms with E-state index in [-0.39, 0.29) is 31.7 Å². The Kier molecular flexibility index (Phi) is 29.2. The van der Waals surface area contributed by atoms with E-state index in [4.69, 9.17) is 57.3 Å². The lowest BCUT2D eigenvalue weighted by Crippen LogP contribution is -2.36. The SMILES string of the molecule is CCCCCCCCCCCCCCCCCCNC(=O)NCCCCCNC(=O)Cn1c(-c2nc3cc4c(cc3[nH]2)OCCOCCOCCOCCO4)nc2cc3c(cc21)OCCOCCOCCOCCO3. The summed E-state index contributed by atoms with van der Waals surface area (Å²) in [6.45, 7) is 10.2. The van der Waals surface area contributed by atoms with Crippen LogP contribution in [0.25, 0.3) is 33.7 Å². The molecule has 19 heteroatoms. The molecule has 4 aromatic rings. The lowest BCUT2D eigenvalue weighted by molar-refractivity contribution is -0.121. The van der Waals surface area contributed by atoms with Gasteiger partial charge in [-0.05, 0) is 25.7 Å². The van der Waals surface area contributed by atoms with Gasteiger partial charge >= 0.3 is 6.03 Å². The predicted molar refractivity (Wildman–Crippen MR) is 290 cm³/mol. The summed E-state index contributed by atoms with van der Waals surface area (Å²) in [5.41, 5.74) is 2.54. The number of aromatic amines is 1. The average Bonchev–Trinajstić information content (AvgIpc) is 3.99. The number of nitrogens with one attached hydrogen (secondary N) is 4. The largest absolute Gasteiger partial charge is 0.487 e. The molecule has 3 amide bonds. The van der Waals surface area contributed by atoms with E-state index in [1.807, 2.05) is 28.8 Å². The fourth-order valence-electron chi connectivity index (χ4n) is 8.97. The molecule has 2 aromatic heterocycles. The van der Waals surface area contributed by atoms with Crippen molar-refractivity contribution in [1.29, 1.82) is 0 Å². The lowest BCUT2D eigenvalue weighted by atomic mass is 10.0. The summed E-state index contributed by atoms with van der Waals surface area (Å²) in [6.07, 6.45) is 23.6. The number of hydrogen-bond donors (Lipinski definition) is 4. The highest BCUT2D eigenvalue weighted by molar-refractivity contribution is 5.88. The fourth-order valence-corrected chi connectivity index (χ4v) is 8.97. The maximum atomic E-state index is 13.8. The number of nitrogens with zero attached hydrogens (tertiary/aromatic N) is 3. The van der Waals surface area contributed by atoms with E-state index < -0.39 is 0 Å². The number of carbonyl (C=O) groups is 2. The number of unbranched alkanes of at least 4 members (excludes halogenated alkanes) is 17. The third-order valence-corrected chi connectivity index (χ3v) is 13.1. The number of amides is 3. The van der Waals surface area contributed by atoms with Crippen LogP contribution in [0, 0.1) is 0 Å². The number of carbonyl (C=O) groups excluding carboxylic acids is 2. The van der Waals surface area contributed by atoms with Gasteiger partial charge in [-0.15, -0.1) is 0 Å². The average molecular weight is 1050 g/mol. The third kappa shape index (κ3) is 23.1. The van der Waals surface area contributed by atoms with Crippen LogP contribution < -0.4 is 34.9 Å². The normalized spacial score (nSPS) is 15.9. The zero-order valence-corrected chi connectivity index (χ0v) is 45.1. The minimum atomic E-state index is -0.193. The summed E-state index contributed by atoms with van der Waals surface area (Å²) in [6, 6.07) is 7.21. The number of benzene rings is 2. The molecule has 0 bridgehead atoms. The molecular weight excluding hydrogens is 963 g/mol. The highest BCUT2D eigenvalue weighted by atomic mass is 16.6. The van der Waals surface area contributed by atoms with Crippen molar-refractivity contribution < 1.29 is 57.0 Å². The van der Waals surface area contributed by atoms with Crippen molar-refractivity contribution in [2.24, 2.45) is 0 Å². The standard InChI is InChI=1S/C56H89N7O12/c1-2-3-4-5-6-7-8-9-10-11-12-13-14-15-16-18-22-58-56(65)59-23-20-17-19-21-57-53(64)44-63-48-43-52-51(74-38-34-70-30-26-67-27-31-71-35-39-75-52)42-47(48)62-55(63)54-60-45-40-49-50(41-46(45)61-54)73-37-33-69-29-25-66-24-28-68-32-36-72-49/h40-43H,2-39,44H2,1H3,(H,57,64)(H,60,61)(H2,58,59,65). The van der Waals surface area contributed by atoms with E-state index in [0.29, 0.717) is 169 Å². The Balaban J connectivity index is 0.990. The van der Waals surface area contributed by atoms with Crippen LogP contribution in [-0.2, 0) is 39.8 Å². The summed E-state index contributed by atoms with van der Waals surface area (Å²) in [5, 5.41) is 9.08. The number of rotatable bonds is 26. The number of fused-ring (bicyclic) bond motifs is 4. The number of ether oxygens (including phenoxy) is 10. The van der Waals surface area contributed by atoms with Crippen molar-refractivity contribution in [3.05, 3.63) is 24.3 Å². The van der Waals surface area contributed by atoms with Gasteiger partial charge in [0.25, 0.3) is 0 Å². The zero-order chi connectivity index (χ0) is 52.2. The Morgan fingerprint density at radius 3 is 1.29 bits per heavy atom. The van der Waals surface area contributed by atoms with Crippen LogP contribution >= 0.6 is 0 Å². The van der Waals surface area contributed by atoms with E-state index in [1.165, 1.54) is 89.9 Å². The van der Waals surface area contributed by atoms with Gasteiger partial charge in [-0.25, -0.2) is 14.8 Å². The van der Waals surface area contributed by atoms with Crippen molar-refractivity contribution in [3.63, 3.8) is 0 Å². The number of urea groups is 1. The van der Waals surface area contributed by atoms with E-state index in [9.17, 15) is 9.59 Å². The van der Waals surface area contributed by atoms with E-state index >= 15 is 0 Å². The van der Waals surface area contributed by atoms with E-state index in [2.05, 4.69) is 27.9 Å². The molecule has 420 valence electrons. The highest BCUT2D eigenvalue weighted by Gasteiger charge is 2.23. The maximum Gasteiger partial charge on any atom is 0.314 e. The highest BCUT2D eigenvalue weighted by Crippen LogP contribution is 2.37. The Bertz CT molecular complexity index is 2140. The number of hydrogen-bond acceptors (Lipinski definition) is 14. The molecular formula is C56H89N7O12. The molecule has 0 unspecified atom stereocenters. The number of imidazole rings is 2.